The molecule has 0 aromatic carbocycles. The van der Waals surface area contributed by atoms with Crippen molar-refractivity contribution in [2.24, 2.45) is 11.8 Å². The van der Waals surface area contributed by atoms with E-state index in [9.17, 15) is 9.00 Å². The fourth-order valence-corrected chi connectivity index (χ4v) is 3.04. The molecule has 0 fully saturated rings. The van der Waals surface area contributed by atoms with Crippen LogP contribution in [0.2, 0.25) is 0 Å². The molecule has 3 unspecified atom stereocenters. The van der Waals surface area contributed by atoms with Gasteiger partial charge in [-0.1, -0.05) is 34.1 Å². The van der Waals surface area contributed by atoms with Crippen molar-refractivity contribution in [3.8, 4) is 0 Å². The highest BCUT2D eigenvalue weighted by atomic mass is 32.2. The number of carboxylic acids is 1. The summed E-state index contributed by atoms with van der Waals surface area (Å²) < 4.78 is 11.7. The van der Waals surface area contributed by atoms with Crippen molar-refractivity contribution >= 4 is 16.8 Å². The third-order valence-electron chi connectivity index (χ3n) is 2.28. The van der Waals surface area contributed by atoms with Crippen LogP contribution in [-0.4, -0.2) is 26.3 Å². The zero-order valence-electron chi connectivity index (χ0n) is 9.32. The highest BCUT2D eigenvalue weighted by Crippen LogP contribution is 2.14. The molecule has 0 aliphatic heterocycles. The van der Waals surface area contributed by atoms with Crippen LogP contribution in [-0.2, 0) is 15.6 Å². The van der Waals surface area contributed by atoms with E-state index in [1.165, 1.54) is 0 Å². The summed E-state index contributed by atoms with van der Waals surface area (Å²) in [7, 11) is -1.25. The Balaban J connectivity index is 4.38. The maximum absolute atomic E-state index is 11.7. The lowest BCUT2D eigenvalue weighted by atomic mass is 10.1. The smallest absolute Gasteiger partial charge is 0.319 e. The molecule has 0 radical (unpaired) electrons. The quantitative estimate of drug-likeness (QED) is 0.743. The fraction of sp³-hybridized carbons (Fsp3) is 0.900. The van der Waals surface area contributed by atoms with Crippen molar-refractivity contribution in [3.05, 3.63) is 0 Å². The van der Waals surface area contributed by atoms with Crippen molar-refractivity contribution in [1.82, 2.24) is 0 Å². The molecule has 0 bridgehead atoms. The Kier molecular flexibility index (Phi) is 6.00. The molecule has 0 saturated heterocycles. The first-order valence-electron chi connectivity index (χ1n) is 5.00. The zero-order chi connectivity index (χ0) is 11.3. The largest absolute Gasteiger partial charge is 0.480 e. The molecule has 0 spiro atoms. The fourth-order valence-electron chi connectivity index (χ4n) is 1.20. The van der Waals surface area contributed by atoms with Crippen LogP contribution in [0.1, 0.15) is 34.1 Å². The van der Waals surface area contributed by atoms with Crippen LogP contribution in [0.3, 0.4) is 0 Å². The lowest BCUT2D eigenvalue weighted by molar-refractivity contribution is -0.137. The Bertz CT molecular complexity index is 213. The summed E-state index contributed by atoms with van der Waals surface area (Å²) in [4.78, 5) is 10.9. The van der Waals surface area contributed by atoms with Gasteiger partial charge in [0.25, 0.3) is 0 Å². The maximum atomic E-state index is 11.7. The van der Waals surface area contributed by atoms with E-state index in [-0.39, 0.29) is 5.92 Å². The van der Waals surface area contributed by atoms with E-state index in [1.807, 2.05) is 13.8 Å². The van der Waals surface area contributed by atoms with Crippen molar-refractivity contribution in [2.75, 3.05) is 5.75 Å². The molecule has 0 heterocycles. The summed E-state index contributed by atoms with van der Waals surface area (Å²) in [5.74, 6) is -0.193. The summed E-state index contributed by atoms with van der Waals surface area (Å²) in [5.41, 5.74) is 0. The molecule has 0 rings (SSSR count). The zero-order valence-corrected chi connectivity index (χ0v) is 10.1. The highest BCUT2D eigenvalue weighted by Gasteiger charge is 2.28. The summed E-state index contributed by atoms with van der Waals surface area (Å²) in [6.45, 7) is 7.62. The van der Waals surface area contributed by atoms with Crippen LogP contribution < -0.4 is 0 Å². The third kappa shape index (κ3) is 4.22. The molecular weight excluding hydrogens is 200 g/mol. The first-order valence-corrected chi connectivity index (χ1v) is 6.38. The summed E-state index contributed by atoms with van der Waals surface area (Å²) in [6.07, 6.45) is 0.941. The Labute approximate surface area is 88.4 Å². The minimum Gasteiger partial charge on any atom is -0.480 e. The number of hydrogen-bond donors (Lipinski definition) is 1. The molecule has 3 atom stereocenters. The number of carbonyl (C=O) groups is 1. The average molecular weight is 220 g/mol. The van der Waals surface area contributed by atoms with Gasteiger partial charge >= 0.3 is 5.97 Å². The van der Waals surface area contributed by atoms with Crippen molar-refractivity contribution in [2.45, 2.75) is 39.4 Å². The molecule has 1 N–H and O–H groups in total. The van der Waals surface area contributed by atoms with Gasteiger partial charge in [-0.2, -0.15) is 0 Å². The van der Waals surface area contributed by atoms with Gasteiger partial charge in [-0.3, -0.25) is 9.00 Å². The summed E-state index contributed by atoms with van der Waals surface area (Å²) in [5, 5.41) is 8.19. The Morgan fingerprint density at radius 3 is 2.14 bits per heavy atom. The van der Waals surface area contributed by atoms with Gasteiger partial charge in [0, 0.05) is 16.6 Å². The highest BCUT2D eigenvalue weighted by molar-refractivity contribution is 7.86. The normalized spacial score (nSPS) is 17.8. The van der Waals surface area contributed by atoms with Crippen molar-refractivity contribution in [3.63, 3.8) is 0 Å². The molecule has 0 aromatic rings. The van der Waals surface area contributed by atoms with Gasteiger partial charge < -0.3 is 5.11 Å². The molecule has 3 nitrogen and oxygen atoms in total. The van der Waals surface area contributed by atoms with E-state index >= 15 is 0 Å². The van der Waals surface area contributed by atoms with Crippen molar-refractivity contribution in [1.29, 1.82) is 0 Å². The van der Waals surface area contributed by atoms with E-state index < -0.39 is 22.0 Å². The van der Waals surface area contributed by atoms with Gasteiger partial charge in [0.1, 0.15) is 5.25 Å². The number of carboxylic acid groups (broad SMARTS) is 1. The molecule has 4 heteroatoms. The predicted octanol–water partition coefficient (Wildman–Crippen LogP) is 1.89. The molecule has 84 valence electrons. The average Bonchev–Trinajstić information content (AvgIpc) is 2.02. The van der Waals surface area contributed by atoms with Crippen LogP contribution >= 0.6 is 0 Å². The topological polar surface area (TPSA) is 54.4 Å². The van der Waals surface area contributed by atoms with E-state index in [4.69, 9.17) is 5.11 Å². The minimum absolute atomic E-state index is 0.0719. The lowest BCUT2D eigenvalue weighted by Gasteiger charge is -2.17. The van der Waals surface area contributed by atoms with E-state index in [0.29, 0.717) is 11.7 Å². The van der Waals surface area contributed by atoms with Gasteiger partial charge in [-0.15, -0.1) is 0 Å². The van der Waals surface area contributed by atoms with Gasteiger partial charge in [-0.05, 0) is 11.8 Å². The van der Waals surface area contributed by atoms with E-state index in [0.717, 1.165) is 6.42 Å². The molecule has 0 saturated carbocycles. The SMILES string of the molecule is CCC(C)CS(=O)C(C(=O)O)C(C)C. The van der Waals surface area contributed by atoms with Gasteiger partial charge in [0.2, 0.25) is 0 Å². The Morgan fingerprint density at radius 1 is 1.36 bits per heavy atom. The Morgan fingerprint density at radius 2 is 1.86 bits per heavy atom. The summed E-state index contributed by atoms with van der Waals surface area (Å²) in [6, 6.07) is 0. The summed E-state index contributed by atoms with van der Waals surface area (Å²) >= 11 is 0. The van der Waals surface area contributed by atoms with Gasteiger partial charge in [0.15, 0.2) is 0 Å². The maximum Gasteiger partial charge on any atom is 0.319 e. The lowest BCUT2D eigenvalue weighted by Crippen LogP contribution is -2.33. The standard InChI is InChI=1S/C10H20O3S/c1-5-8(4)6-14(13)9(7(2)3)10(11)12/h7-9H,5-6H2,1-4H3,(H,11,12). The van der Waals surface area contributed by atoms with Crippen LogP contribution in [0.25, 0.3) is 0 Å². The predicted molar refractivity (Wildman–Crippen MR) is 58.7 cm³/mol. The molecular formula is C10H20O3S. The number of hydrogen-bond acceptors (Lipinski definition) is 2. The van der Waals surface area contributed by atoms with Gasteiger partial charge in [0.05, 0.1) is 0 Å². The molecule has 0 aliphatic rings. The molecule has 0 aliphatic carbocycles. The van der Waals surface area contributed by atoms with Crippen LogP contribution in [0, 0.1) is 11.8 Å². The van der Waals surface area contributed by atoms with Crippen LogP contribution in [0.15, 0.2) is 0 Å². The monoisotopic (exact) mass is 220 g/mol. The molecule has 0 amide bonds. The van der Waals surface area contributed by atoms with E-state index in [1.54, 1.807) is 13.8 Å². The number of aliphatic carboxylic acids is 1. The second kappa shape index (κ2) is 6.17. The number of rotatable bonds is 6. The van der Waals surface area contributed by atoms with Crippen molar-refractivity contribution < 1.29 is 14.1 Å². The minimum atomic E-state index is -1.25. The molecule has 0 aromatic heterocycles. The second-order valence-electron chi connectivity index (χ2n) is 4.06. The van der Waals surface area contributed by atoms with Gasteiger partial charge in [-0.25, -0.2) is 0 Å². The van der Waals surface area contributed by atoms with E-state index in [2.05, 4.69) is 0 Å². The molecule has 14 heavy (non-hydrogen) atoms. The van der Waals surface area contributed by atoms with Crippen LogP contribution in [0.5, 0.6) is 0 Å². The third-order valence-corrected chi connectivity index (χ3v) is 4.49. The first-order chi connectivity index (χ1) is 6.40. The Hall–Kier alpha value is -0.380. The second-order valence-corrected chi connectivity index (χ2v) is 5.67. The first kappa shape index (κ1) is 13.6. The van der Waals surface area contributed by atoms with Crippen LogP contribution in [0.4, 0.5) is 0 Å².